The molecular weight excluding hydrogens is 479 g/mol. The van der Waals surface area contributed by atoms with Crippen LogP contribution < -0.4 is 9.64 Å². The van der Waals surface area contributed by atoms with Crippen molar-refractivity contribution in [3.63, 3.8) is 0 Å². The van der Waals surface area contributed by atoms with Gasteiger partial charge in [0.25, 0.3) is 5.91 Å². The average molecular weight is 509 g/mol. The van der Waals surface area contributed by atoms with Crippen LogP contribution in [0.25, 0.3) is 0 Å². The Labute approximate surface area is 215 Å². The van der Waals surface area contributed by atoms with E-state index in [9.17, 15) is 14.0 Å². The summed E-state index contributed by atoms with van der Waals surface area (Å²) in [5.41, 5.74) is 2.73. The van der Waals surface area contributed by atoms with Crippen molar-refractivity contribution >= 4 is 29.3 Å². The Hall–Kier alpha value is -3.36. The number of nitrogens with zero attached hydrogens (tertiary/aromatic N) is 2. The maximum absolute atomic E-state index is 14.3. The highest BCUT2D eigenvalue weighted by Gasteiger charge is 2.41. The van der Waals surface area contributed by atoms with E-state index in [-0.39, 0.29) is 5.91 Å². The number of ether oxygens (including phenoxy) is 2. The number of methoxy groups -OCH3 is 1. The fourth-order valence-electron chi connectivity index (χ4n) is 3.96. The van der Waals surface area contributed by atoms with E-state index in [0.717, 1.165) is 11.1 Å². The number of hydrogen-bond acceptors (Lipinski definition) is 6. The molecule has 36 heavy (non-hydrogen) atoms. The van der Waals surface area contributed by atoms with Gasteiger partial charge in [-0.15, -0.1) is 11.8 Å². The number of halogens is 1. The number of fused-ring (bicyclic) bond motifs is 1. The lowest BCUT2D eigenvalue weighted by atomic mass is 10.0. The first-order chi connectivity index (χ1) is 17.3. The van der Waals surface area contributed by atoms with Crippen molar-refractivity contribution in [2.45, 2.75) is 23.2 Å². The summed E-state index contributed by atoms with van der Waals surface area (Å²) in [4.78, 5) is 31.4. The number of carbonyl (C=O) groups excluding carboxylic acids is 2. The van der Waals surface area contributed by atoms with Gasteiger partial charge in [0.1, 0.15) is 11.6 Å². The molecule has 3 aromatic carbocycles. The molecule has 0 fully saturated rings. The first-order valence-corrected chi connectivity index (χ1v) is 12.5. The van der Waals surface area contributed by atoms with Crippen LogP contribution in [0.4, 0.5) is 10.1 Å². The molecule has 4 rings (SSSR count). The lowest BCUT2D eigenvalue weighted by molar-refractivity contribution is -0.127. The molecular formula is C28H29FN2O4S. The van der Waals surface area contributed by atoms with Crippen LogP contribution in [0.2, 0.25) is 0 Å². The Morgan fingerprint density at radius 1 is 1.06 bits per heavy atom. The molecule has 0 radical (unpaired) electrons. The standard InChI is InChI=1S/C28H29FN2O4S/c1-18-5-7-20(8-6-18)28(33)35-25-26(19-9-12-22(34-4)13-10-19)36-24-17-21(29)11-14-23(24)31(27(25)32)16-15-30(2)3/h5-14,17,25-26H,15-16H2,1-4H3. The van der Waals surface area contributed by atoms with Crippen LogP contribution in [0.3, 0.4) is 0 Å². The van der Waals surface area contributed by atoms with Crippen molar-refractivity contribution in [2.24, 2.45) is 0 Å². The third kappa shape index (κ3) is 5.71. The highest BCUT2D eigenvalue weighted by molar-refractivity contribution is 7.99. The summed E-state index contributed by atoms with van der Waals surface area (Å²) in [6.45, 7) is 2.87. The maximum atomic E-state index is 14.3. The molecule has 1 heterocycles. The molecule has 0 aliphatic carbocycles. The molecule has 6 nitrogen and oxygen atoms in total. The molecule has 1 amide bonds. The number of rotatable bonds is 7. The maximum Gasteiger partial charge on any atom is 0.338 e. The third-order valence-corrected chi connectivity index (χ3v) is 7.34. The summed E-state index contributed by atoms with van der Waals surface area (Å²) >= 11 is 1.31. The van der Waals surface area contributed by atoms with Gasteiger partial charge in [-0.25, -0.2) is 9.18 Å². The molecule has 2 unspecified atom stereocenters. The average Bonchev–Trinajstić information content (AvgIpc) is 2.97. The zero-order chi connectivity index (χ0) is 25.8. The predicted molar refractivity (Wildman–Crippen MR) is 139 cm³/mol. The fraction of sp³-hybridized carbons (Fsp3) is 0.286. The van der Waals surface area contributed by atoms with E-state index in [1.165, 1.54) is 23.9 Å². The van der Waals surface area contributed by atoms with Crippen molar-refractivity contribution in [3.8, 4) is 5.75 Å². The molecule has 2 atom stereocenters. The molecule has 0 saturated carbocycles. The molecule has 0 N–H and O–H groups in total. The molecule has 8 heteroatoms. The van der Waals surface area contributed by atoms with Crippen molar-refractivity contribution in [1.29, 1.82) is 0 Å². The summed E-state index contributed by atoms with van der Waals surface area (Å²) in [7, 11) is 5.40. The number of aryl methyl sites for hydroxylation is 1. The number of amides is 1. The quantitative estimate of drug-likeness (QED) is 0.414. The van der Waals surface area contributed by atoms with E-state index >= 15 is 0 Å². The van der Waals surface area contributed by atoms with E-state index < -0.39 is 23.1 Å². The predicted octanol–water partition coefficient (Wildman–Crippen LogP) is 5.11. The zero-order valence-corrected chi connectivity index (χ0v) is 21.5. The van der Waals surface area contributed by atoms with Crippen LogP contribution in [0.5, 0.6) is 5.75 Å². The number of carbonyl (C=O) groups is 2. The van der Waals surface area contributed by atoms with Crippen LogP contribution in [0, 0.1) is 12.7 Å². The van der Waals surface area contributed by atoms with Gasteiger partial charge in [0, 0.05) is 18.0 Å². The minimum atomic E-state index is -1.13. The number of esters is 1. The summed E-state index contributed by atoms with van der Waals surface area (Å²) in [5.74, 6) is -0.672. The van der Waals surface area contributed by atoms with Gasteiger partial charge in [0.05, 0.1) is 23.6 Å². The zero-order valence-electron chi connectivity index (χ0n) is 20.7. The SMILES string of the molecule is COc1ccc(C2Sc3cc(F)ccc3N(CCN(C)C)C(=O)C2OC(=O)c2ccc(C)cc2)cc1. The number of thioether (sulfide) groups is 1. The van der Waals surface area contributed by atoms with E-state index in [4.69, 9.17) is 9.47 Å². The minimum Gasteiger partial charge on any atom is -0.497 e. The van der Waals surface area contributed by atoms with Gasteiger partial charge < -0.3 is 19.3 Å². The lowest BCUT2D eigenvalue weighted by Crippen LogP contribution is -2.45. The topological polar surface area (TPSA) is 59.1 Å². The van der Waals surface area contributed by atoms with Crippen molar-refractivity contribution in [2.75, 3.05) is 39.2 Å². The number of benzene rings is 3. The molecule has 0 saturated heterocycles. The number of hydrogen-bond donors (Lipinski definition) is 0. The minimum absolute atomic E-state index is 0.351. The van der Waals surface area contributed by atoms with Gasteiger partial charge in [-0.2, -0.15) is 0 Å². The summed E-state index contributed by atoms with van der Waals surface area (Å²) in [5, 5.41) is -0.595. The van der Waals surface area contributed by atoms with Gasteiger partial charge in [0.15, 0.2) is 6.10 Å². The van der Waals surface area contributed by atoms with Crippen LogP contribution in [-0.2, 0) is 9.53 Å². The highest BCUT2D eigenvalue weighted by atomic mass is 32.2. The smallest absolute Gasteiger partial charge is 0.338 e. The second kappa shape index (κ2) is 11.1. The van der Waals surface area contributed by atoms with Crippen LogP contribution in [0.15, 0.2) is 71.6 Å². The van der Waals surface area contributed by atoms with E-state index in [2.05, 4.69) is 0 Å². The first kappa shape index (κ1) is 25.7. The van der Waals surface area contributed by atoms with Crippen LogP contribution in [0.1, 0.15) is 26.7 Å². The van der Waals surface area contributed by atoms with Crippen LogP contribution >= 0.6 is 11.8 Å². The Morgan fingerprint density at radius 2 is 1.75 bits per heavy atom. The van der Waals surface area contributed by atoms with Gasteiger partial charge in [-0.3, -0.25) is 4.79 Å². The largest absolute Gasteiger partial charge is 0.497 e. The highest BCUT2D eigenvalue weighted by Crippen LogP contribution is 2.47. The van der Waals surface area contributed by atoms with E-state index in [1.54, 1.807) is 42.3 Å². The van der Waals surface area contributed by atoms with E-state index in [1.807, 2.05) is 50.2 Å². The van der Waals surface area contributed by atoms with Gasteiger partial charge in [-0.1, -0.05) is 29.8 Å². The number of anilines is 1. The van der Waals surface area contributed by atoms with E-state index in [0.29, 0.717) is 35.0 Å². The molecule has 0 spiro atoms. The second-order valence-electron chi connectivity index (χ2n) is 8.91. The fourth-order valence-corrected chi connectivity index (χ4v) is 5.30. The lowest BCUT2D eigenvalue weighted by Gasteiger charge is -2.28. The molecule has 0 bridgehead atoms. The molecule has 1 aliphatic heterocycles. The van der Waals surface area contributed by atoms with Gasteiger partial charge in [0.2, 0.25) is 0 Å². The van der Waals surface area contributed by atoms with Gasteiger partial charge >= 0.3 is 5.97 Å². The Bertz CT molecular complexity index is 1230. The Kier molecular flexibility index (Phi) is 7.96. The Balaban J connectivity index is 1.78. The third-order valence-electron chi connectivity index (χ3n) is 5.99. The second-order valence-corrected chi connectivity index (χ2v) is 10.1. The van der Waals surface area contributed by atoms with Gasteiger partial charge in [-0.05, 0) is 69.0 Å². The summed E-state index contributed by atoms with van der Waals surface area (Å²) in [6, 6.07) is 18.7. The summed E-state index contributed by atoms with van der Waals surface area (Å²) in [6.07, 6.45) is -1.13. The molecule has 188 valence electrons. The Morgan fingerprint density at radius 3 is 2.39 bits per heavy atom. The molecule has 3 aromatic rings. The summed E-state index contributed by atoms with van der Waals surface area (Å²) < 4.78 is 25.6. The van der Waals surface area contributed by atoms with Crippen molar-refractivity contribution in [3.05, 3.63) is 89.2 Å². The van der Waals surface area contributed by atoms with Crippen LogP contribution in [-0.4, -0.2) is 57.2 Å². The number of likely N-dealkylation sites (N-methyl/N-ethyl adjacent to an activating group) is 1. The molecule has 0 aromatic heterocycles. The van der Waals surface area contributed by atoms with Crippen molar-refractivity contribution in [1.82, 2.24) is 4.90 Å². The van der Waals surface area contributed by atoms with Crippen molar-refractivity contribution < 1.29 is 23.5 Å². The normalized spacial score (nSPS) is 17.5. The molecule has 1 aliphatic rings. The first-order valence-electron chi connectivity index (χ1n) is 11.6. The monoisotopic (exact) mass is 508 g/mol.